The number of hydrogen-bond acceptors (Lipinski definition) is 5. The van der Waals surface area contributed by atoms with E-state index in [-0.39, 0.29) is 33.9 Å². The van der Waals surface area contributed by atoms with Gasteiger partial charge < -0.3 is 4.74 Å². The Morgan fingerprint density at radius 1 is 1.38 bits per heavy atom. The van der Waals surface area contributed by atoms with Crippen LogP contribution in [0, 0.1) is 10.1 Å². The summed E-state index contributed by atoms with van der Waals surface area (Å²) in [4.78, 5) is 22.7. The topological polar surface area (TPSA) is 69.4 Å². The minimum absolute atomic E-state index is 0.0445. The molecule has 110 valence electrons. The van der Waals surface area contributed by atoms with Gasteiger partial charge in [0, 0.05) is 16.6 Å². The van der Waals surface area contributed by atoms with Gasteiger partial charge >= 0.3 is 5.69 Å². The molecule has 0 unspecified atom stereocenters. The Kier molecular flexibility index (Phi) is 5.21. The van der Waals surface area contributed by atoms with E-state index >= 15 is 0 Å². The zero-order valence-corrected chi connectivity index (χ0v) is 14.1. The van der Waals surface area contributed by atoms with E-state index in [0.717, 1.165) is 6.07 Å². The largest absolute Gasteiger partial charge is 0.478 e. The Bertz CT molecular complexity index is 719. The Balaban J connectivity index is 2.20. The van der Waals surface area contributed by atoms with Crippen molar-refractivity contribution < 1.29 is 14.5 Å². The van der Waals surface area contributed by atoms with Crippen LogP contribution < -0.4 is 4.74 Å². The van der Waals surface area contributed by atoms with Gasteiger partial charge in [-0.25, -0.2) is 0 Å². The number of carbonyl (C=O) groups is 1. The Hall–Kier alpha value is -1.15. The minimum atomic E-state index is -0.650. The van der Waals surface area contributed by atoms with Gasteiger partial charge in [0.25, 0.3) is 0 Å². The third kappa shape index (κ3) is 3.74. The quantitative estimate of drug-likeness (QED) is 0.395. The molecule has 0 N–H and O–H groups in total. The lowest BCUT2D eigenvalue weighted by molar-refractivity contribution is -0.385. The number of carbonyl (C=O) groups excluding carboxylic acids is 1. The lowest BCUT2D eigenvalue weighted by Crippen LogP contribution is -2.11. The number of nitro benzene ring substituents is 1. The number of hydrogen-bond donors (Lipinski definition) is 0. The van der Waals surface area contributed by atoms with Crippen LogP contribution in [0.2, 0.25) is 10.0 Å². The number of nitrogens with zero attached hydrogens (tertiary/aromatic N) is 1. The number of ether oxygens (including phenoxy) is 1. The molecule has 21 heavy (non-hydrogen) atoms. The van der Waals surface area contributed by atoms with Crippen molar-refractivity contribution in [2.75, 3.05) is 6.61 Å². The molecule has 0 spiro atoms. The summed E-state index contributed by atoms with van der Waals surface area (Å²) in [7, 11) is 0. The molecule has 0 radical (unpaired) electrons. The molecule has 0 saturated carbocycles. The van der Waals surface area contributed by atoms with Crippen molar-refractivity contribution in [3.63, 3.8) is 0 Å². The molecule has 0 amide bonds. The fraction of sp³-hybridized carbons (Fsp3) is 0.0833. The standard InChI is InChI=1S/C12H6BrCl2NO4S/c13-6-1-2-21-12(6)10(17)5-20-11-4-8(15)7(14)3-9(11)16(18)19/h1-4H,5H2. The molecular weight excluding hydrogens is 405 g/mol. The average molecular weight is 411 g/mol. The van der Waals surface area contributed by atoms with Crippen molar-refractivity contribution in [2.45, 2.75) is 0 Å². The monoisotopic (exact) mass is 409 g/mol. The first kappa shape index (κ1) is 16.2. The van der Waals surface area contributed by atoms with Crippen molar-refractivity contribution in [2.24, 2.45) is 0 Å². The summed E-state index contributed by atoms with van der Waals surface area (Å²) in [6.07, 6.45) is 0. The van der Waals surface area contributed by atoms with Gasteiger partial charge in [0.05, 0.1) is 19.8 Å². The highest BCUT2D eigenvalue weighted by Crippen LogP contribution is 2.35. The fourth-order valence-electron chi connectivity index (χ4n) is 1.48. The van der Waals surface area contributed by atoms with E-state index < -0.39 is 4.92 Å². The van der Waals surface area contributed by atoms with Crippen LogP contribution in [0.3, 0.4) is 0 Å². The molecule has 1 heterocycles. The van der Waals surface area contributed by atoms with Crippen molar-refractivity contribution in [3.05, 3.63) is 53.1 Å². The number of rotatable bonds is 5. The van der Waals surface area contributed by atoms with Gasteiger partial charge in [-0.3, -0.25) is 14.9 Å². The molecule has 0 aliphatic heterocycles. The first-order valence-electron chi connectivity index (χ1n) is 5.42. The summed E-state index contributed by atoms with van der Waals surface area (Å²) in [5, 5.41) is 12.9. The van der Waals surface area contributed by atoms with E-state index in [9.17, 15) is 14.9 Å². The maximum atomic E-state index is 12.0. The molecule has 0 atom stereocenters. The minimum Gasteiger partial charge on any atom is -0.478 e. The number of ketones is 1. The van der Waals surface area contributed by atoms with E-state index in [1.807, 2.05) is 0 Å². The SMILES string of the molecule is O=C(COc1cc(Cl)c(Cl)cc1[N+](=O)[O-])c1sccc1Br. The van der Waals surface area contributed by atoms with Crippen molar-refractivity contribution >= 4 is 61.9 Å². The first-order valence-corrected chi connectivity index (χ1v) is 7.85. The van der Waals surface area contributed by atoms with Crippen LogP contribution in [0.25, 0.3) is 0 Å². The lowest BCUT2D eigenvalue weighted by Gasteiger charge is -2.07. The van der Waals surface area contributed by atoms with Gasteiger partial charge in [-0.1, -0.05) is 23.2 Å². The summed E-state index contributed by atoms with van der Waals surface area (Å²) in [6, 6.07) is 4.04. The predicted octanol–water partition coefficient (Wildman–Crippen LogP) is 4.99. The molecule has 1 aromatic carbocycles. The molecule has 0 saturated heterocycles. The van der Waals surface area contributed by atoms with Crippen LogP contribution >= 0.6 is 50.5 Å². The third-order valence-corrected chi connectivity index (χ3v) is 5.03. The second-order valence-electron chi connectivity index (χ2n) is 3.80. The molecule has 9 heteroatoms. The van der Waals surface area contributed by atoms with Crippen LogP contribution in [0.1, 0.15) is 9.67 Å². The molecule has 0 fully saturated rings. The summed E-state index contributed by atoms with van der Waals surface area (Å²) in [5.74, 6) is -0.396. The number of Topliss-reactive ketones (excluding diaryl/α,β-unsaturated/α-hetero) is 1. The Labute approximate surface area is 141 Å². The molecular formula is C12H6BrCl2NO4S. The molecule has 2 rings (SSSR count). The van der Waals surface area contributed by atoms with Crippen molar-refractivity contribution in [1.29, 1.82) is 0 Å². The smallest absolute Gasteiger partial charge is 0.312 e. The molecule has 0 bridgehead atoms. The van der Waals surface area contributed by atoms with Crippen LogP contribution in [-0.2, 0) is 0 Å². The lowest BCUT2D eigenvalue weighted by atomic mass is 10.3. The van der Waals surface area contributed by atoms with Gasteiger partial charge in [-0.05, 0) is 27.4 Å². The predicted molar refractivity (Wildman–Crippen MR) is 85.0 cm³/mol. The molecule has 2 aromatic rings. The van der Waals surface area contributed by atoms with E-state index in [4.69, 9.17) is 27.9 Å². The zero-order chi connectivity index (χ0) is 15.6. The van der Waals surface area contributed by atoms with Gasteiger partial charge in [0.2, 0.25) is 5.78 Å². The second kappa shape index (κ2) is 6.74. The number of benzene rings is 1. The summed E-state index contributed by atoms with van der Waals surface area (Å²) >= 11 is 16.0. The van der Waals surface area contributed by atoms with Crippen LogP contribution in [-0.4, -0.2) is 17.3 Å². The highest BCUT2D eigenvalue weighted by atomic mass is 79.9. The normalized spacial score (nSPS) is 10.4. The summed E-state index contributed by atoms with van der Waals surface area (Å²) in [5.41, 5.74) is -0.345. The highest BCUT2D eigenvalue weighted by molar-refractivity contribution is 9.10. The maximum absolute atomic E-state index is 12.0. The van der Waals surface area contributed by atoms with Gasteiger partial charge in [0.15, 0.2) is 12.4 Å². The zero-order valence-electron chi connectivity index (χ0n) is 10.1. The fourth-order valence-corrected chi connectivity index (χ4v) is 3.31. The molecule has 1 aromatic heterocycles. The first-order chi connectivity index (χ1) is 9.90. The number of halogens is 3. The summed E-state index contributed by atoms with van der Waals surface area (Å²) < 4.78 is 5.88. The Morgan fingerprint density at radius 2 is 2.05 bits per heavy atom. The van der Waals surface area contributed by atoms with E-state index in [1.165, 1.54) is 17.4 Å². The van der Waals surface area contributed by atoms with Gasteiger partial charge in [0.1, 0.15) is 0 Å². The molecule has 0 aliphatic carbocycles. The third-order valence-electron chi connectivity index (χ3n) is 2.43. The molecule has 5 nitrogen and oxygen atoms in total. The van der Waals surface area contributed by atoms with Gasteiger partial charge in [-0.2, -0.15) is 0 Å². The van der Waals surface area contributed by atoms with Crippen molar-refractivity contribution in [1.82, 2.24) is 0 Å². The number of nitro groups is 1. The summed E-state index contributed by atoms with van der Waals surface area (Å²) in [6.45, 7) is -0.335. The molecule has 0 aliphatic rings. The number of thiophene rings is 1. The van der Waals surface area contributed by atoms with E-state index in [0.29, 0.717) is 9.35 Å². The van der Waals surface area contributed by atoms with Crippen LogP contribution in [0.4, 0.5) is 5.69 Å². The maximum Gasteiger partial charge on any atom is 0.312 e. The van der Waals surface area contributed by atoms with Crippen LogP contribution in [0.5, 0.6) is 5.75 Å². The average Bonchev–Trinajstić information content (AvgIpc) is 2.85. The van der Waals surface area contributed by atoms with Crippen LogP contribution in [0.15, 0.2) is 28.1 Å². The van der Waals surface area contributed by atoms with E-state index in [1.54, 1.807) is 11.4 Å². The van der Waals surface area contributed by atoms with Gasteiger partial charge in [-0.15, -0.1) is 11.3 Å². The second-order valence-corrected chi connectivity index (χ2v) is 6.39. The van der Waals surface area contributed by atoms with E-state index in [2.05, 4.69) is 15.9 Å². The Morgan fingerprint density at radius 3 is 2.62 bits per heavy atom. The van der Waals surface area contributed by atoms with Crippen molar-refractivity contribution in [3.8, 4) is 5.75 Å². The highest BCUT2D eigenvalue weighted by Gasteiger charge is 2.20.